The third-order valence-corrected chi connectivity index (χ3v) is 5.54. The number of likely N-dealkylation sites (N-methyl/N-ethyl adjacent to an activating group) is 1. The number of anilines is 1. The first kappa shape index (κ1) is 19.3. The average molecular weight is 389 g/mol. The highest BCUT2D eigenvalue weighted by Crippen LogP contribution is 2.28. The highest BCUT2D eigenvalue weighted by atomic mass is 32.1. The van der Waals surface area contributed by atoms with E-state index in [1.807, 2.05) is 31.2 Å². The predicted molar refractivity (Wildman–Crippen MR) is 104 cm³/mol. The Kier molecular flexibility index (Phi) is 6.39. The standard InChI is InChI=1S/C19H23N3O4S/c1-2-22(19-20-14-8-5-6-9-15(14)27-19)17(24)13-26-18(25)12-21-11-7-3-4-10-16(21)23/h5-6,8-9H,2-4,7,10-13H2,1H3. The Morgan fingerprint density at radius 2 is 2.07 bits per heavy atom. The number of carbonyl (C=O) groups is 3. The lowest BCUT2D eigenvalue weighted by Gasteiger charge is -2.20. The van der Waals surface area contributed by atoms with Crippen LogP contribution in [0.2, 0.25) is 0 Å². The number of esters is 1. The molecular weight excluding hydrogens is 366 g/mol. The van der Waals surface area contributed by atoms with E-state index in [1.54, 1.807) is 0 Å². The molecule has 144 valence electrons. The Morgan fingerprint density at radius 1 is 1.26 bits per heavy atom. The molecule has 1 aromatic carbocycles. The molecule has 0 radical (unpaired) electrons. The van der Waals surface area contributed by atoms with Crippen LogP contribution in [-0.2, 0) is 19.1 Å². The maximum atomic E-state index is 12.5. The second kappa shape index (κ2) is 8.94. The van der Waals surface area contributed by atoms with E-state index in [0.29, 0.717) is 24.6 Å². The number of ether oxygens (including phenoxy) is 1. The first-order valence-corrected chi connectivity index (χ1v) is 9.99. The van der Waals surface area contributed by atoms with Gasteiger partial charge in [0.2, 0.25) is 5.91 Å². The number of nitrogens with zero attached hydrogens (tertiary/aromatic N) is 3. The van der Waals surface area contributed by atoms with Crippen molar-refractivity contribution in [1.29, 1.82) is 0 Å². The molecule has 27 heavy (non-hydrogen) atoms. The topological polar surface area (TPSA) is 79.8 Å². The zero-order valence-electron chi connectivity index (χ0n) is 15.3. The molecular formula is C19H23N3O4S. The number of likely N-dealkylation sites (tertiary alicyclic amines) is 1. The van der Waals surface area contributed by atoms with Gasteiger partial charge in [-0.25, -0.2) is 4.98 Å². The van der Waals surface area contributed by atoms with E-state index in [0.717, 1.165) is 29.5 Å². The molecule has 0 bridgehead atoms. The fourth-order valence-electron chi connectivity index (χ4n) is 3.02. The smallest absolute Gasteiger partial charge is 0.326 e. The molecule has 1 aliphatic rings. The molecule has 7 nitrogen and oxygen atoms in total. The predicted octanol–water partition coefficient (Wildman–Crippen LogP) is 2.59. The molecule has 1 saturated heterocycles. The van der Waals surface area contributed by atoms with Crippen LogP contribution < -0.4 is 4.90 Å². The molecule has 0 spiro atoms. The number of fused-ring (bicyclic) bond motifs is 1. The molecule has 2 aromatic rings. The van der Waals surface area contributed by atoms with Gasteiger partial charge in [-0.1, -0.05) is 29.9 Å². The Bertz CT molecular complexity index is 802. The summed E-state index contributed by atoms with van der Waals surface area (Å²) >= 11 is 1.42. The Morgan fingerprint density at radius 3 is 2.85 bits per heavy atom. The minimum Gasteiger partial charge on any atom is -0.454 e. The molecule has 2 amide bonds. The van der Waals surface area contributed by atoms with E-state index in [9.17, 15) is 14.4 Å². The second-order valence-corrected chi connectivity index (χ2v) is 7.40. The molecule has 1 aliphatic heterocycles. The van der Waals surface area contributed by atoms with Crippen molar-refractivity contribution in [2.75, 3.05) is 31.1 Å². The summed E-state index contributed by atoms with van der Waals surface area (Å²) < 4.78 is 6.12. The third kappa shape index (κ3) is 4.82. The van der Waals surface area contributed by atoms with E-state index < -0.39 is 5.97 Å². The van der Waals surface area contributed by atoms with Crippen molar-refractivity contribution < 1.29 is 19.1 Å². The van der Waals surface area contributed by atoms with Crippen molar-refractivity contribution in [2.24, 2.45) is 0 Å². The zero-order chi connectivity index (χ0) is 19.2. The summed E-state index contributed by atoms with van der Waals surface area (Å²) in [7, 11) is 0. The van der Waals surface area contributed by atoms with Gasteiger partial charge < -0.3 is 9.64 Å². The zero-order valence-corrected chi connectivity index (χ0v) is 16.2. The maximum Gasteiger partial charge on any atom is 0.326 e. The van der Waals surface area contributed by atoms with Crippen LogP contribution in [0.4, 0.5) is 5.13 Å². The van der Waals surface area contributed by atoms with E-state index in [4.69, 9.17) is 4.74 Å². The Hall–Kier alpha value is -2.48. The Labute approximate surface area is 161 Å². The quantitative estimate of drug-likeness (QED) is 0.710. The summed E-state index contributed by atoms with van der Waals surface area (Å²) in [5.74, 6) is -0.911. The summed E-state index contributed by atoms with van der Waals surface area (Å²) in [5, 5.41) is 0.586. The highest BCUT2D eigenvalue weighted by molar-refractivity contribution is 7.22. The number of amides is 2. The molecule has 2 heterocycles. The van der Waals surface area contributed by atoms with E-state index in [-0.39, 0.29) is 25.0 Å². The molecule has 0 atom stereocenters. The number of aromatic nitrogens is 1. The van der Waals surface area contributed by atoms with Crippen molar-refractivity contribution >= 4 is 44.5 Å². The number of thiazole rings is 1. The second-order valence-electron chi connectivity index (χ2n) is 6.39. The van der Waals surface area contributed by atoms with Crippen molar-refractivity contribution in [1.82, 2.24) is 9.88 Å². The molecule has 1 aromatic heterocycles. The summed E-state index contributed by atoms with van der Waals surface area (Å²) in [5.41, 5.74) is 0.834. The summed E-state index contributed by atoms with van der Waals surface area (Å²) in [6, 6.07) is 7.67. The van der Waals surface area contributed by atoms with Gasteiger partial charge in [0.15, 0.2) is 11.7 Å². The summed E-state index contributed by atoms with van der Waals surface area (Å²) in [6.45, 7) is 2.39. The fourth-order valence-corrected chi connectivity index (χ4v) is 4.07. The van der Waals surface area contributed by atoms with Gasteiger partial charge in [0.1, 0.15) is 6.54 Å². The van der Waals surface area contributed by atoms with Crippen LogP contribution >= 0.6 is 11.3 Å². The number of rotatable bonds is 6. The van der Waals surface area contributed by atoms with E-state index >= 15 is 0 Å². The van der Waals surface area contributed by atoms with E-state index in [2.05, 4.69) is 4.98 Å². The lowest BCUT2D eigenvalue weighted by atomic mass is 10.2. The van der Waals surface area contributed by atoms with E-state index in [1.165, 1.54) is 21.1 Å². The first-order valence-electron chi connectivity index (χ1n) is 9.18. The van der Waals surface area contributed by atoms with Crippen LogP contribution in [0.5, 0.6) is 0 Å². The number of hydrogen-bond acceptors (Lipinski definition) is 6. The average Bonchev–Trinajstić information content (AvgIpc) is 2.98. The van der Waals surface area contributed by atoms with Gasteiger partial charge in [0, 0.05) is 19.5 Å². The molecule has 1 fully saturated rings. The van der Waals surface area contributed by atoms with Crippen LogP contribution in [0, 0.1) is 0 Å². The van der Waals surface area contributed by atoms with Gasteiger partial charge in [0.05, 0.1) is 10.2 Å². The summed E-state index contributed by atoms with van der Waals surface area (Å²) in [6.07, 6.45) is 3.20. The van der Waals surface area contributed by atoms with Crippen LogP contribution in [0.25, 0.3) is 10.2 Å². The lowest BCUT2D eigenvalue weighted by Crippen LogP contribution is -2.38. The third-order valence-electron chi connectivity index (χ3n) is 4.48. The molecule has 0 saturated carbocycles. The number of hydrogen-bond donors (Lipinski definition) is 0. The molecule has 0 aliphatic carbocycles. The van der Waals surface area contributed by atoms with Crippen molar-refractivity contribution in [3.63, 3.8) is 0 Å². The molecule has 0 N–H and O–H groups in total. The maximum absolute atomic E-state index is 12.5. The normalized spacial score (nSPS) is 14.9. The first-order chi connectivity index (χ1) is 13.1. The SMILES string of the molecule is CCN(C(=O)COC(=O)CN1CCCCCC1=O)c1nc2ccccc2s1. The van der Waals surface area contributed by atoms with Crippen molar-refractivity contribution in [3.8, 4) is 0 Å². The van der Waals surface area contributed by atoms with Crippen molar-refractivity contribution in [2.45, 2.75) is 32.6 Å². The minimum atomic E-state index is -0.557. The molecule has 3 rings (SSSR count). The minimum absolute atomic E-state index is 0.0274. The molecule has 0 unspecified atom stereocenters. The molecule has 8 heteroatoms. The number of carbonyl (C=O) groups excluding carboxylic acids is 3. The monoisotopic (exact) mass is 389 g/mol. The van der Waals surface area contributed by atoms with Gasteiger partial charge in [-0.05, 0) is 31.9 Å². The van der Waals surface area contributed by atoms with Crippen LogP contribution in [0.15, 0.2) is 24.3 Å². The summed E-state index contributed by atoms with van der Waals surface area (Å²) in [4.78, 5) is 44.0. The van der Waals surface area contributed by atoms with Crippen LogP contribution in [0.3, 0.4) is 0 Å². The Balaban J connectivity index is 1.56. The van der Waals surface area contributed by atoms with Crippen molar-refractivity contribution in [3.05, 3.63) is 24.3 Å². The van der Waals surface area contributed by atoms with Gasteiger partial charge in [-0.2, -0.15) is 0 Å². The van der Waals surface area contributed by atoms with Gasteiger partial charge in [-0.3, -0.25) is 19.3 Å². The largest absolute Gasteiger partial charge is 0.454 e. The van der Waals surface area contributed by atoms with Crippen LogP contribution in [0.1, 0.15) is 32.6 Å². The van der Waals surface area contributed by atoms with Crippen LogP contribution in [-0.4, -0.2) is 53.9 Å². The number of para-hydroxylation sites is 1. The van der Waals surface area contributed by atoms with Gasteiger partial charge in [-0.15, -0.1) is 0 Å². The number of benzene rings is 1. The fraction of sp³-hybridized carbons (Fsp3) is 0.474. The van der Waals surface area contributed by atoms with Gasteiger partial charge >= 0.3 is 5.97 Å². The highest BCUT2D eigenvalue weighted by Gasteiger charge is 2.22. The van der Waals surface area contributed by atoms with Gasteiger partial charge in [0.25, 0.3) is 5.91 Å². The lowest BCUT2D eigenvalue weighted by molar-refractivity contribution is -0.151.